The molecular weight excluding hydrogens is 211 g/mol. The van der Waals surface area contributed by atoms with E-state index in [0.29, 0.717) is 0 Å². The summed E-state index contributed by atoms with van der Waals surface area (Å²) in [7, 11) is 1.22. The Morgan fingerprint density at radius 2 is 2.21 bits per heavy atom. The van der Waals surface area contributed by atoms with Gasteiger partial charge in [0.05, 0.1) is 17.7 Å². The van der Waals surface area contributed by atoms with E-state index in [1.807, 2.05) is 0 Å². The lowest BCUT2D eigenvalue weighted by Gasteiger charge is -2.08. The predicted molar refractivity (Wildman–Crippen MR) is 49.6 cm³/mol. The molecule has 5 heteroatoms. The Bertz CT molecular complexity index is 390. The van der Waals surface area contributed by atoms with Crippen LogP contribution in [0.4, 0.5) is 4.39 Å². The summed E-state index contributed by atoms with van der Waals surface area (Å²) in [6.45, 7) is 1.21. The van der Waals surface area contributed by atoms with Crippen LogP contribution in [0.15, 0.2) is 6.07 Å². The van der Waals surface area contributed by atoms with Crippen LogP contribution in [0.5, 0.6) is 11.5 Å². The van der Waals surface area contributed by atoms with Crippen molar-refractivity contribution in [1.29, 1.82) is 0 Å². The van der Waals surface area contributed by atoms with Gasteiger partial charge in [-0.2, -0.15) is 4.39 Å². The molecule has 0 radical (unpaired) electrons. The number of phenols is 1. The normalized spacial score (nSPS) is 10.0. The maximum absolute atomic E-state index is 13.3. The van der Waals surface area contributed by atoms with E-state index >= 15 is 0 Å². The van der Waals surface area contributed by atoms with Crippen molar-refractivity contribution in [2.45, 2.75) is 6.92 Å². The molecule has 0 bridgehead atoms. The molecule has 0 spiro atoms. The molecule has 0 atom stereocenters. The van der Waals surface area contributed by atoms with Gasteiger partial charge in [-0.25, -0.2) is 0 Å². The summed E-state index contributed by atoms with van der Waals surface area (Å²) in [6.07, 6.45) is 0. The first-order chi connectivity index (χ1) is 6.49. The molecule has 0 saturated carbocycles. The Morgan fingerprint density at radius 1 is 1.64 bits per heavy atom. The summed E-state index contributed by atoms with van der Waals surface area (Å²) < 4.78 is 17.9. The van der Waals surface area contributed by atoms with Crippen molar-refractivity contribution in [3.8, 4) is 11.5 Å². The summed E-state index contributed by atoms with van der Waals surface area (Å²) in [5, 5.41) is 9.22. The van der Waals surface area contributed by atoms with Crippen molar-refractivity contribution >= 4 is 17.4 Å². The zero-order valence-corrected chi connectivity index (χ0v) is 8.35. The van der Waals surface area contributed by atoms with Gasteiger partial charge in [0.15, 0.2) is 17.3 Å². The highest BCUT2D eigenvalue weighted by atomic mass is 35.5. The second-order valence-corrected chi connectivity index (χ2v) is 3.07. The van der Waals surface area contributed by atoms with E-state index in [1.54, 1.807) is 0 Å². The van der Waals surface area contributed by atoms with Gasteiger partial charge in [0.25, 0.3) is 0 Å². The molecule has 0 aliphatic heterocycles. The number of carbonyl (C=O) groups is 1. The number of rotatable bonds is 2. The molecule has 0 aromatic heterocycles. The van der Waals surface area contributed by atoms with Crippen LogP contribution in [-0.2, 0) is 0 Å². The number of ether oxygens (including phenoxy) is 1. The first-order valence-electron chi connectivity index (χ1n) is 3.75. The lowest BCUT2D eigenvalue weighted by Crippen LogP contribution is -1.98. The van der Waals surface area contributed by atoms with E-state index in [-0.39, 0.29) is 16.3 Å². The van der Waals surface area contributed by atoms with Crippen LogP contribution in [0.25, 0.3) is 0 Å². The number of hydrogen-bond donors (Lipinski definition) is 1. The van der Waals surface area contributed by atoms with E-state index in [0.717, 1.165) is 0 Å². The van der Waals surface area contributed by atoms with Gasteiger partial charge in [-0.3, -0.25) is 4.79 Å². The van der Waals surface area contributed by atoms with Gasteiger partial charge < -0.3 is 9.84 Å². The molecule has 76 valence electrons. The molecule has 0 saturated heterocycles. The molecular formula is C9H8ClFO3. The van der Waals surface area contributed by atoms with Crippen LogP contribution in [0, 0.1) is 5.82 Å². The Balaban J connectivity index is 3.47. The Morgan fingerprint density at radius 3 is 2.64 bits per heavy atom. The number of Topliss-reactive ketones (excluding diaryl/α,β-unsaturated/α-hetero) is 1. The fourth-order valence-corrected chi connectivity index (χ4v) is 1.32. The van der Waals surface area contributed by atoms with Crippen LogP contribution < -0.4 is 4.74 Å². The maximum Gasteiger partial charge on any atom is 0.208 e. The van der Waals surface area contributed by atoms with Crippen molar-refractivity contribution in [3.05, 3.63) is 22.5 Å². The third-order valence-corrected chi connectivity index (χ3v) is 2.01. The minimum atomic E-state index is -1.02. The third-order valence-electron chi connectivity index (χ3n) is 1.73. The average molecular weight is 219 g/mol. The van der Waals surface area contributed by atoms with Crippen molar-refractivity contribution < 1.29 is 19.0 Å². The highest BCUT2D eigenvalue weighted by Gasteiger charge is 2.19. The topological polar surface area (TPSA) is 46.5 Å². The SMILES string of the molecule is COc1c(Cl)cc(C(C)=O)c(O)c1F. The molecule has 0 aliphatic carbocycles. The number of benzene rings is 1. The van der Waals surface area contributed by atoms with Crippen molar-refractivity contribution in [1.82, 2.24) is 0 Å². The number of methoxy groups -OCH3 is 1. The molecule has 1 rings (SSSR count). The van der Waals surface area contributed by atoms with Crippen molar-refractivity contribution in [2.75, 3.05) is 7.11 Å². The zero-order chi connectivity index (χ0) is 10.9. The standard InChI is InChI=1S/C9H8ClFO3/c1-4(12)5-3-6(10)9(14-2)7(11)8(5)13/h3,13H,1-2H3. The highest BCUT2D eigenvalue weighted by Crippen LogP contribution is 2.36. The van der Waals surface area contributed by atoms with Gasteiger partial charge in [0.1, 0.15) is 0 Å². The second kappa shape index (κ2) is 3.84. The van der Waals surface area contributed by atoms with E-state index in [2.05, 4.69) is 4.74 Å². The number of phenolic OH excluding ortho intramolecular Hbond substituents is 1. The van der Waals surface area contributed by atoms with E-state index in [1.165, 1.54) is 20.1 Å². The number of hydrogen-bond acceptors (Lipinski definition) is 3. The van der Waals surface area contributed by atoms with Crippen LogP contribution >= 0.6 is 11.6 Å². The largest absolute Gasteiger partial charge is 0.504 e. The molecule has 0 heterocycles. The molecule has 3 nitrogen and oxygen atoms in total. The smallest absolute Gasteiger partial charge is 0.208 e. The molecule has 0 fully saturated rings. The molecule has 1 aromatic rings. The van der Waals surface area contributed by atoms with Crippen LogP contribution in [0.2, 0.25) is 5.02 Å². The molecule has 0 amide bonds. The van der Waals surface area contributed by atoms with Gasteiger partial charge in [-0.05, 0) is 13.0 Å². The van der Waals surface area contributed by atoms with Gasteiger partial charge in [0.2, 0.25) is 5.82 Å². The van der Waals surface area contributed by atoms with Gasteiger partial charge >= 0.3 is 0 Å². The fourth-order valence-electron chi connectivity index (χ4n) is 1.05. The summed E-state index contributed by atoms with van der Waals surface area (Å²) in [5.41, 5.74) is -0.159. The second-order valence-electron chi connectivity index (χ2n) is 2.66. The van der Waals surface area contributed by atoms with E-state index in [4.69, 9.17) is 11.6 Å². The quantitative estimate of drug-likeness (QED) is 0.776. The number of carbonyl (C=O) groups excluding carboxylic acids is 1. The third kappa shape index (κ3) is 1.65. The Kier molecular flexibility index (Phi) is 2.96. The van der Waals surface area contributed by atoms with Gasteiger partial charge in [-0.15, -0.1) is 0 Å². The molecule has 1 N–H and O–H groups in total. The number of aromatic hydroxyl groups is 1. The summed E-state index contributed by atoms with van der Waals surface area (Å²) in [6, 6.07) is 1.17. The average Bonchev–Trinajstić information content (AvgIpc) is 2.12. The first kappa shape index (κ1) is 10.8. The van der Waals surface area contributed by atoms with Crippen LogP contribution in [-0.4, -0.2) is 18.0 Å². The van der Waals surface area contributed by atoms with Crippen LogP contribution in [0.3, 0.4) is 0 Å². The first-order valence-corrected chi connectivity index (χ1v) is 4.12. The highest BCUT2D eigenvalue weighted by molar-refractivity contribution is 6.32. The summed E-state index contributed by atoms with van der Waals surface area (Å²) in [5.74, 6) is -2.50. The van der Waals surface area contributed by atoms with Crippen molar-refractivity contribution in [2.24, 2.45) is 0 Å². The van der Waals surface area contributed by atoms with Gasteiger partial charge in [0, 0.05) is 0 Å². The monoisotopic (exact) mass is 218 g/mol. The number of halogens is 2. The summed E-state index contributed by atoms with van der Waals surface area (Å²) >= 11 is 5.62. The van der Waals surface area contributed by atoms with Crippen LogP contribution in [0.1, 0.15) is 17.3 Å². The lowest BCUT2D eigenvalue weighted by molar-refractivity contribution is 0.101. The summed E-state index contributed by atoms with van der Waals surface area (Å²) in [4.78, 5) is 10.9. The number of ketones is 1. The van der Waals surface area contributed by atoms with E-state index < -0.39 is 17.3 Å². The Hall–Kier alpha value is -1.29. The lowest BCUT2D eigenvalue weighted by atomic mass is 10.1. The minimum Gasteiger partial charge on any atom is -0.504 e. The van der Waals surface area contributed by atoms with E-state index in [9.17, 15) is 14.3 Å². The molecule has 0 unspecified atom stereocenters. The Labute approximate surface area is 85.1 Å². The maximum atomic E-state index is 13.3. The zero-order valence-electron chi connectivity index (χ0n) is 7.60. The molecule has 14 heavy (non-hydrogen) atoms. The minimum absolute atomic E-state index is 0.0481. The molecule has 0 aliphatic rings. The fraction of sp³-hybridized carbons (Fsp3) is 0.222. The van der Waals surface area contributed by atoms with Crippen molar-refractivity contribution in [3.63, 3.8) is 0 Å². The van der Waals surface area contributed by atoms with Gasteiger partial charge in [-0.1, -0.05) is 11.6 Å². The predicted octanol–water partition coefficient (Wildman–Crippen LogP) is 2.40. The molecule has 1 aromatic carbocycles.